The SMILES string of the molecule is C[C@]1(C(=O)O)C[C@@H](O)[C@H](CC(=O)C=Cc2ccc(O)c(O)c2)[C@H](OC(=O)C=Cc2ccc(O)c(O)c2)C1. The van der Waals surface area contributed by atoms with Crippen LogP contribution >= 0.6 is 0 Å². The van der Waals surface area contributed by atoms with Gasteiger partial charge in [0.15, 0.2) is 28.8 Å². The van der Waals surface area contributed by atoms with Crippen LogP contribution in [0.15, 0.2) is 48.6 Å². The lowest BCUT2D eigenvalue weighted by atomic mass is 9.67. The molecule has 0 saturated heterocycles. The highest BCUT2D eigenvalue weighted by molar-refractivity contribution is 5.94. The van der Waals surface area contributed by atoms with E-state index in [4.69, 9.17) is 4.74 Å². The second-order valence-electron chi connectivity index (χ2n) is 9.31. The van der Waals surface area contributed by atoms with Crippen LogP contribution in [0.5, 0.6) is 23.0 Å². The van der Waals surface area contributed by atoms with Gasteiger partial charge in [-0.3, -0.25) is 9.59 Å². The number of rotatable bonds is 8. The number of carboxylic acid groups (broad SMARTS) is 1. The number of ketones is 1. The molecular weight excluding hydrogens is 484 g/mol. The van der Waals surface area contributed by atoms with Gasteiger partial charge < -0.3 is 35.4 Å². The van der Waals surface area contributed by atoms with Crippen LogP contribution in [0.1, 0.15) is 37.3 Å². The predicted molar refractivity (Wildman–Crippen MR) is 132 cm³/mol. The van der Waals surface area contributed by atoms with Gasteiger partial charge in [0.1, 0.15) is 6.10 Å². The minimum atomic E-state index is -1.38. The van der Waals surface area contributed by atoms with E-state index in [9.17, 15) is 45.0 Å². The molecule has 2 aromatic rings. The van der Waals surface area contributed by atoms with Crippen molar-refractivity contribution in [3.8, 4) is 23.0 Å². The number of carbonyl (C=O) groups is 3. The Kier molecular flexibility index (Phi) is 8.24. The van der Waals surface area contributed by atoms with Gasteiger partial charge in [-0.2, -0.15) is 0 Å². The zero-order chi connectivity index (χ0) is 27.3. The Hall–Kier alpha value is -4.31. The molecule has 10 nitrogen and oxygen atoms in total. The lowest BCUT2D eigenvalue weighted by molar-refractivity contribution is -0.171. The number of carbonyl (C=O) groups excluding carboxylic acids is 2. The van der Waals surface area contributed by atoms with Crippen molar-refractivity contribution in [1.29, 1.82) is 0 Å². The zero-order valence-corrected chi connectivity index (χ0v) is 19.9. The van der Waals surface area contributed by atoms with Crippen LogP contribution in [0.2, 0.25) is 0 Å². The second-order valence-corrected chi connectivity index (χ2v) is 9.31. The maximum Gasteiger partial charge on any atom is 0.331 e. The fourth-order valence-corrected chi connectivity index (χ4v) is 4.24. The third-order valence-electron chi connectivity index (χ3n) is 6.38. The normalized spacial score (nSPS) is 23.8. The number of hydrogen-bond acceptors (Lipinski definition) is 9. The number of aliphatic hydroxyl groups is 1. The topological polar surface area (TPSA) is 182 Å². The largest absolute Gasteiger partial charge is 0.504 e. The Bertz CT molecular complexity index is 1250. The third kappa shape index (κ3) is 6.89. The lowest BCUT2D eigenvalue weighted by Gasteiger charge is -2.42. The number of aliphatic carboxylic acids is 1. The molecule has 196 valence electrons. The van der Waals surface area contributed by atoms with Crippen LogP contribution in [-0.4, -0.2) is 60.6 Å². The molecule has 0 aromatic heterocycles. The summed E-state index contributed by atoms with van der Waals surface area (Å²) in [6.07, 6.45) is 2.22. The Balaban J connectivity index is 1.75. The van der Waals surface area contributed by atoms with Crippen LogP contribution in [0, 0.1) is 11.3 Å². The summed E-state index contributed by atoms with van der Waals surface area (Å²) in [6, 6.07) is 7.93. The summed E-state index contributed by atoms with van der Waals surface area (Å²) >= 11 is 0. The molecule has 0 aliphatic heterocycles. The lowest BCUT2D eigenvalue weighted by Crippen LogP contribution is -2.49. The van der Waals surface area contributed by atoms with Gasteiger partial charge >= 0.3 is 11.9 Å². The molecule has 1 aliphatic rings. The first-order valence-corrected chi connectivity index (χ1v) is 11.4. The van der Waals surface area contributed by atoms with Crippen molar-refractivity contribution in [3.63, 3.8) is 0 Å². The molecule has 10 heteroatoms. The molecule has 0 bridgehead atoms. The average molecular weight is 513 g/mol. The van der Waals surface area contributed by atoms with Gasteiger partial charge in [0.25, 0.3) is 0 Å². The molecule has 0 spiro atoms. The summed E-state index contributed by atoms with van der Waals surface area (Å²) in [7, 11) is 0. The van der Waals surface area contributed by atoms with Gasteiger partial charge in [-0.15, -0.1) is 0 Å². The fraction of sp³-hybridized carbons (Fsp3) is 0.296. The Morgan fingerprint density at radius 3 is 1.95 bits per heavy atom. The zero-order valence-electron chi connectivity index (χ0n) is 19.9. The Labute approximate surface area is 212 Å². The van der Waals surface area contributed by atoms with Crippen molar-refractivity contribution in [2.24, 2.45) is 11.3 Å². The monoisotopic (exact) mass is 512 g/mol. The van der Waals surface area contributed by atoms with Gasteiger partial charge in [0, 0.05) is 24.8 Å². The van der Waals surface area contributed by atoms with Crippen molar-refractivity contribution < 1.29 is 49.8 Å². The summed E-state index contributed by atoms with van der Waals surface area (Å²) in [5.41, 5.74) is -0.543. The number of phenolic OH excluding ortho intramolecular Hbond substituents is 4. The molecular formula is C27H28O10. The molecule has 1 fully saturated rings. The molecule has 6 N–H and O–H groups in total. The highest BCUT2D eigenvalue weighted by Crippen LogP contribution is 2.42. The van der Waals surface area contributed by atoms with E-state index in [0.717, 1.165) is 6.08 Å². The summed E-state index contributed by atoms with van der Waals surface area (Å²) in [4.78, 5) is 37.0. The van der Waals surface area contributed by atoms with Crippen molar-refractivity contribution in [1.82, 2.24) is 0 Å². The van der Waals surface area contributed by atoms with Crippen molar-refractivity contribution >= 4 is 29.9 Å². The standard InChI is InChI=1S/C27H28O10/c1-27(26(35)36)13-23(33)18(12-17(28)6-2-15-3-7-19(29)21(31)10-15)24(14-27)37-25(34)9-5-16-4-8-20(30)22(32)11-16/h2-11,18,23-24,29-33H,12-14H2,1H3,(H,35,36)/t18-,23+,24+,27-/m0/s1. The minimum Gasteiger partial charge on any atom is -0.504 e. The van der Waals surface area contributed by atoms with E-state index >= 15 is 0 Å². The molecule has 1 saturated carbocycles. The molecule has 37 heavy (non-hydrogen) atoms. The van der Waals surface area contributed by atoms with Gasteiger partial charge in [-0.1, -0.05) is 18.2 Å². The van der Waals surface area contributed by atoms with Crippen molar-refractivity contribution in [2.45, 2.75) is 38.4 Å². The van der Waals surface area contributed by atoms with E-state index in [2.05, 4.69) is 0 Å². The molecule has 0 heterocycles. The van der Waals surface area contributed by atoms with Gasteiger partial charge in [-0.25, -0.2) is 4.79 Å². The number of aromatic hydroxyl groups is 4. The number of carboxylic acids is 1. The molecule has 0 radical (unpaired) electrons. The molecule has 0 unspecified atom stereocenters. The molecule has 0 amide bonds. The molecule has 3 rings (SSSR count). The van der Waals surface area contributed by atoms with E-state index in [1.807, 2.05) is 0 Å². The predicted octanol–water partition coefficient (Wildman–Crippen LogP) is 2.97. The van der Waals surface area contributed by atoms with E-state index in [0.29, 0.717) is 11.1 Å². The van der Waals surface area contributed by atoms with Gasteiger partial charge in [0.05, 0.1) is 11.5 Å². The number of esters is 1. The summed E-state index contributed by atoms with van der Waals surface area (Å²) < 4.78 is 5.49. The number of allylic oxidation sites excluding steroid dienone is 1. The van der Waals surface area contributed by atoms with Crippen LogP contribution in [0.25, 0.3) is 12.2 Å². The maximum absolute atomic E-state index is 12.7. The quantitative estimate of drug-likeness (QED) is 0.175. The number of aliphatic hydroxyl groups excluding tert-OH is 1. The number of hydrogen-bond donors (Lipinski definition) is 6. The van der Waals surface area contributed by atoms with E-state index < -0.39 is 41.3 Å². The molecule has 2 aromatic carbocycles. The van der Waals surface area contributed by atoms with Crippen LogP contribution in [-0.2, 0) is 19.1 Å². The van der Waals surface area contributed by atoms with E-state index in [1.165, 1.54) is 61.5 Å². The van der Waals surface area contributed by atoms with E-state index in [-0.39, 0.29) is 42.3 Å². The van der Waals surface area contributed by atoms with E-state index in [1.54, 1.807) is 0 Å². The molecule has 4 atom stereocenters. The second kappa shape index (κ2) is 11.2. The Morgan fingerprint density at radius 2 is 1.43 bits per heavy atom. The highest BCUT2D eigenvalue weighted by Gasteiger charge is 2.49. The van der Waals surface area contributed by atoms with Crippen molar-refractivity contribution in [2.75, 3.05) is 0 Å². The summed E-state index contributed by atoms with van der Waals surface area (Å²) in [6.45, 7) is 1.43. The summed E-state index contributed by atoms with van der Waals surface area (Å²) in [5.74, 6) is -4.67. The number of benzene rings is 2. The first-order valence-electron chi connectivity index (χ1n) is 11.4. The summed E-state index contributed by atoms with van der Waals surface area (Å²) in [5, 5.41) is 58.4. The van der Waals surface area contributed by atoms with Gasteiger partial charge in [0.2, 0.25) is 0 Å². The first-order chi connectivity index (χ1) is 17.4. The van der Waals surface area contributed by atoms with Crippen LogP contribution in [0.3, 0.4) is 0 Å². The number of phenols is 4. The van der Waals surface area contributed by atoms with Gasteiger partial charge in [-0.05, 0) is 60.9 Å². The Morgan fingerprint density at radius 1 is 0.892 bits per heavy atom. The average Bonchev–Trinajstić information content (AvgIpc) is 2.82. The highest BCUT2D eigenvalue weighted by atomic mass is 16.5. The van der Waals surface area contributed by atoms with Crippen LogP contribution in [0.4, 0.5) is 0 Å². The minimum absolute atomic E-state index is 0.119. The van der Waals surface area contributed by atoms with Crippen molar-refractivity contribution in [3.05, 3.63) is 59.7 Å². The number of ether oxygens (including phenoxy) is 1. The first kappa shape index (κ1) is 27.3. The maximum atomic E-state index is 12.7. The van der Waals surface area contributed by atoms with Crippen LogP contribution < -0.4 is 0 Å². The molecule has 1 aliphatic carbocycles. The fourth-order valence-electron chi connectivity index (χ4n) is 4.24. The third-order valence-corrected chi connectivity index (χ3v) is 6.38. The smallest absolute Gasteiger partial charge is 0.331 e.